The molecule has 0 aliphatic carbocycles. The van der Waals surface area contributed by atoms with Crippen molar-refractivity contribution in [2.45, 2.75) is 19.0 Å². The number of imidazole rings is 1. The first-order chi connectivity index (χ1) is 15.9. The molecular weight excluding hydrogens is 432 g/mol. The maximum atomic E-state index is 14.2. The molecule has 1 amide bonds. The molecule has 9 heteroatoms. The molecule has 1 N–H and O–H groups in total. The van der Waals surface area contributed by atoms with Gasteiger partial charge in [-0.3, -0.25) is 9.59 Å². The van der Waals surface area contributed by atoms with E-state index in [9.17, 15) is 23.5 Å². The fraction of sp³-hybridized carbons (Fsp3) is 0.208. The van der Waals surface area contributed by atoms with Gasteiger partial charge >= 0.3 is 0 Å². The number of aliphatic hydroxyl groups is 1. The van der Waals surface area contributed by atoms with Gasteiger partial charge in [0.05, 0.1) is 25.1 Å². The van der Waals surface area contributed by atoms with Crippen LogP contribution in [0.15, 0.2) is 66.8 Å². The quantitative estimate of drug-likeness (QED) is 0.335. The summed E-state index contributed by atoms with van der Waals surface area (Å²) in [5.74, 6) is -3.59. The Bertz CT molecular complexity index is 1220. The summed E-state index contributed by atoms with van der Waals surface area (Å²) in [7, 11) is 1.30. The highest BCUT2D eigenvalue weighted by Crippen LogP contribution is 2.40. The molecule has 170 valence electrons. The molecule has 0 bridgehead atoms. The van der Waals surface area contributed by atoms with Crippen molar-refractivity contribution in [3.8, 4) is 5.75 Å². The van der Waals surface area contributed by atoms with Crippen LogP contribution in [-0.4, -0.2) is 44.9 Å². The molecule has 1 atom stereocenters. The van der Waals surface area contributed by atoms with E-state index in [-0.39, 0.29) is 23.4 Å². The molecule has 33 heavy (non-hydrogen) atoms. The number of aromatic nitrogens is 2. The summed E-state index contributed by atoms with van der Waals surface area (Å²) < 4.78 is 35.0. The van der Waals surface area contributed by atoms with Crippen LogP contribution in [0.3, 0.4) is 0 Å². The van der Waals surface area contributed by atoms with Gasteiger partial charge in [-0.25, -0.2) is 13.8 Å². The van der Waals surface area contributed by atoms with Crippen LogP contribution in [0, 0.1) is 11.6 Å². The lowest BCUT2D eigenvalue weighted by molar-refractivity contribution is -0.139. The number of ketones is 1. The molecule has 1 aliphatic rings. The number of ether oxygens (including phenoxy) is 1. The second-order valence-electron chi connectivity index (χ2n) is 7.55. The van der Waals surface area contributed by atoms with Crippen molar-refractivity contribution in [3.05, 3.63) is 89.5 Å². The number of carbonyl (C=O) groups is 2. The van der Waals surface area contributed by atoms with Crippen LogP contribution in [0.1, 0.15) is 23.6 Å². The Morgan fingerprint density at radius 2 is 1.97 bits per heavy atom. The predicted octanol–water partition coefficient (Wildman–Crippen LogP) is 3.68. The van der Waals surface area contributed by atoms with Crippen LogP contribution in [-0.2, 0) is 16.1 Å². The topological polar surface area (TPSA) is 84.7 Å². The zero-order valence-corrected chi connectivity index (χ0v) is 17.7. The zero-order valence-electron chi connectivity index (χ0n) is 17.7. The third-order valence-electron chi connectivity index (χ3n) is 5.50. The lowest BCUT2D eigenvalue weighted by Crippen LogP contribution is -2.31. The number of rotatable bonds is 7. The molecular formula is C24H21F2N3O4. The third kappa shape index (κ3) is 4.34. The molecule has 2 aromatic carbocycles. The van der Waals surface area contributed by atoms with Gasteiger partial charge in [0, 0.05) is 31.0 Å². The number of methoxy groups -OCH3 is 1. The molecule has 0 radical (unpaired) electrons. The number of likely N-dealkylation sites (tertiary alicyclic amines) is 1. The number of hydrogen-bond acceptors (Lipinski definition) is 5. The van der Waals surface area contributed by atoms with Gasteiger partial charge in [0.2, 0.25) is 0 Å². The largest absolute Gasteiger partial charge is 0.507 e. The first-order valence-corrected chi connectivity index (χ1v) is 10.2. The van der Waals surface area contributed by atoms with Crippen molar-refractivity contribution in [2.75, 3.05) is 13.7 Å². The van der Waals surface area contributed by atoms with Crippen molar-refractivity contribution in [1.82, 2.24) is 14.5 Å². The summed E-state index contributed by atoms with van der Waals surface area (Å²) in [6, 6.07) is 8.18. The Labute approximate surface area is 188 Å². The fourth-order valence-corrected chi connectivity index (χ4v) is 3.95. The van der Waals surface area contributed by atoms with Crippen LogP contribution in [0.4, 0.5) is 8.78 Å². The van der Waals surface area contributed by atoms with Gasteiger partial charge in [0.1, 0.15) is 11.6 Å². The van der Waals surface area contributed by atoms with Gasteiger partial charge in [-0.1, -0.05) is 12.1 Å². The summed E-state index contributed by atoms with van der Waals surface area (Å²) in [6.45, 7) is 0.722. The third-order valence-corrected chi connectivity index (χ3v) is 5.50. The minimum atomic E-state index is -1.02. The number of aryl methyl sites for hydroxylation is 1. The molecule has 7 nitrogen and oxygen atoms in total. The van der Waals surface area contributed by atoms with E-state index in [4.69, 9.17) is 4.74 Å². The van der Waals surface area contributed by atoms with E-state index in [1.54, 1.807) is 24.8 Å². The Morgan fingerprint density at radius 1 is 1.15 bits per heavy atom. The number of benzene rings is 2. The molecule has 0 unspecified atom stereocenters. The van der Waals surface area contributed by atoms with Gasteiger partial charge in [-0.15, -0.1) is 0 Å². The molecule has 1 saturated heterocycles. The zero-order chi connectivity index (χ0) is 23.5. The van der Waals surface area contributed by atoms with E-state index in [0.29, 0.717) is 18.5 Å². The standard InChI is InChI=1S/C24H21F2N3O4/c1-33-19-7-6-16(13-18(19)26)22(30)20-21(15-4-2-5-17(25)12-15)29(24(32)23(20)31)10-3-9-28-11-8-27-14-28/h2,4-8,11-14,21,30H,3,9-10H2,1H3/b22-20+/t21-/m0/s1. The van der Waals surface area contributed by atoms with E-state index in [0.717, 1.165) is 6.07 Å². The Morgan fingerprint density at radius 3 is 2.64 bits per heavy atom. The Hall–Kier alpha value is -4.01. The average molecular weight is 453 g/mol. The van der Waals surface area contributed by atoms with Crippen molar-refractivity contribution >= 4 is 17.4 Å². The fourth-order valence-electron chi connectivity index (χ4n) is 3.95. The Kier molecular flexibility index (Phi) is 6.21. The molecule has 0 spiro atoms. The Balaban J connectivity index is 1.75. The summed E-state index contributed by atoms with van der Waals surface area (Å²) in [6.07, 6.45) is 5.53. The smallest absolute Gasteiger partial charge is 0.295 e. The molecule has 4 rings (SSSR count). The minimum Gasteiger partial charge on any atom is -0.507 e. The summed E-state index contributed by atoms with van der Waals surface area (Å²) in [5, 5.41) is 11.0. The number of hydrogen-bond donors (Lipinski definition) is 1. The van der Waals surface area contributed by atoms with E-state index < -0.39 is 35.1 Å². The van der Waals surface area contributed by atoms with Crippen molar-refractivity contribution < 1.29 is 28.2 Å². The van der Waals surface area contributed by atoms with E-state index in [1.807, 2.05) is 4.57 Å². The second kappa shape index (κ2) is 9.23. The number of nitrogens with zero attached hydrogens (tertiary/aromatic N) is 3. The van der Waals surface area contributed by atoms with Gasteiger partial charge in [0.15, 0.2) is 11.6 Å². The van der Waals surface area contributed by atoms with Gasteiger partial charge < -0.3 is 19.3 Å². The van der Waals surface area contributed by atoms with Crippen LogP contribution in [0.5, 0.6) is 5.75 Å². The summed E-state index contributed by atoms with van der Waals surface area (Å²) >= 11 is 0. The number of Topliss-reactive ketones (excluding diaryl/α,β-unsaturated/α-hetero) is 1. The lowest BCUT2D eigenvalue weighted by Gasteiger charge is -2.25. The number of carbonyl (C=O) groups excluding carboxylic acids is 2. The van der Waals surface area contributed by atoms with Crippen molar-refractivity contribution in [2.24, 2.45) is 0 Å². The van der Waals surface area contributed by atoms with Crippen LogP contribution < -0.4 is 4.74 Å². The highest BCUT2D eigenvalue weighted by atomic mass is 19.1. The monoisotopic (exact) mass is 453 g/mol. The minimum absolute atomic E-state index is 0.00567. The van der Waals surface area contributed by atoms with E-state index in [1.165, 1.54) is 42.3 Å². The molecule has 2 heterocycles. The maximum Gasteiger partial charge on any atom is 0.295 e. The van der Waals surface area contributed by atoms with Crippen LogP contribution >= 0.6 is 0 Å². The van der Waals surface area contributed by atoms with Crippen LogP contribution in [0.2, 0.25) is 0 Å². The van der Waals surface area contributed by atoms with E-state index >= 15 is 0 Å². The summed E-state index contributed by atoms with van der Waals surface area (Å²) in [4.78, 5) is 31.1. The number of aliphatic hydroxyl groups excluding tert-OH is 1. The van der Waals surface area contributed by atoms with Gasteiger partial charge in [0.25, 0.3) is 11.7 Å². The van der Waals surface area contributed by atoms with Crippen molar-refractivity contribution in [3.63, 3.8) is 0 Å². The SMILES string of the molecule is COc1ccc(/C(O)=C2\C(=O)C(=O)N(CCCn3ccnc3)[C@H]2c2cccc(F)c2)cc1F. The van der Waals surface area contributed by atoms with Crippen LogP contribution in [0.25, 0.3) is 5.76 Å². The maximum absolute atomic E-state index is 14.2. The normalized spacial score (nSPS) is 17.5. The molecule has 3 aromatic rings. The number of halogens is 2. The lowest BCUT2D eigenvalue weighted by atomic mass is 9.95. The van der Waals surface area contributed by atoms with Gasteiger partial charge in [-0.05, 0) is 42.3 Å². The number of amides is 1. The molecule has 1 fully saturated rings. The first kappa shape index (κ1) is 22.2. The van der Waals surface area contributed by atoms with E-state index in [2.05, 4.69) is 4.98 Å². The molecule has 1 aliphatic heterocycles. The summed E-state index contributed by atoms with van der Waals surface area (Å²) in [5.41, 5.74) is 0.108. The first-order valence-electron chi connectivity index (χ1n) is 10.2. The average Bonchev–Trinajstić information content (AvgIpc) is 3.41. The molecule has 0 saturated carbocycles. The predicted molar refractivity (Wildman–Crippen MR) is 115 cm³/mol. The second-order valence-corrected chi connectivity index (χ2v) is 7.55. The van der Waals surface area contributed by atoms with Crippen molar-refractivity contribution in [1.29, 1.82) is 0 Å². The highest BCUT2D eigenvalue weighted by Gasteiger charge is 2.45. The van der Waals surface area contributed by atoms with Gasteiger partial charge in [-0.2, -0.15) is 0 Å². The highest BCUT2D eigenvalue weighted by molar-refractivity contribution is 6.46. The molecule has 1 aromatic heterocycles.